The minimum atomic E-state index is -0.208. The van der Waals surface area contributed by atoms with Crippen molar-refractivity contribution in [3.8, 4) is 5.75 Å². The fraction of sp³-hybridized carbons (Fsp3) is 0.667. The van der Waals surface area contributed by atoms with E-state index in [4.69, 9.17) is 15.2 Å². The maximum atomic E-state index is 6.66. The Hall–Kier alpha value is -1.06. The maximum absolute atomic E-state index is 6.66. The Balaban J connectivity index is 2.28. The monoisotopic (exact) mass is 291 g/mol. The predicted octanol–water partition coefficient (Wildman–Crippen LogP) is 3.99. The molecule has 1 aliphatic rings. The summed E-state index contributed by atoms with van der Waals surface area (Å²) in [5.74, 6) is 1.66. The van der Waals surface area contributed by atoms with Gasteiger partial charge in [0.1, 0.15) is 5.75 Å². The van der Waals surface area contributed by atoms with E-state index in [1.54, 1.807) is 7.11 Å². The van der Waals surface area contributed by atoms with Crippen LogP contribution in [0, 0.1) is 12.8 Å². The molecule has 3 heteroatoms. The van der Waals surface area contributed by atoms with E-state index >= 15 is 0 Å². The third-order valence-corrected chi connectivity index (χ3v) is 4.93. The quantitative estimate of drug-likeness (QED) is 0.892. The second kappa shape index (κ2) is 6.80. The number of hydrogen-bond acceptors (Lipinski definition) is 3. The largest absolute Gasteiger partial charge is 0.497 e. The molecule has 0 aliphatic heterocycles. The van der Waals surface area contributed by atoms with E-state index in [9.17, 15) is 0 Å². The van der Waals surface area contributed by atoms with Crippen molar-refractivity contribution < 1.29 is 9.47 Å². The fourth-order valence-corrected chi connectivity index (χ4v) is 3.49. The van der Waals surface area contributed by atoms with Crippen LogP contribution in [0.15, 0.2) is 18.2 Å². The minimum absolute atomic E-state index is 0.0733. The Morgan fingerprint density at radius 1 is 1.33 bits per heavy atom. The van der Waals surface area contributed by atoms with Gasteiger partial charge in [0.05, 0.1) is 18.8 Å². The zero-order chi connectivity index (χ0) is 15.5. The zero-order valence-electron chi connectivity index (χ0n) is 13.8. The number of nitrogens with two attached hydrogens (primary N) is 1. The molecule has 1 fully saturated rings. The molecule has 1 saturated carbocycles. The molecule has 0 saturated heterocycles. The van der Waals surface area contributed by atoms with E-state index in [2.05, 4.69) is 32.9 Å². The highest BCUT2D eigenvalue weighted by Crippen LogP contribution is 2.43. The van der Waals surface area contributed by atoms with Gasteiger partial charge in [0.15, 0.2) is 0 Å². The molecule has 0 radical (unpaired) electrons. The first-order chi connectivity index (χ1) is 10.0. The second-order valence-electron chi connectivity index (χ2n) is 6.38. The first kappa shape index (κ1) is 16.3. The van der Waals surface area contributed by atoms with E-state index in [1.807, 2.05) is 6.07 Å². The number of hydrogen-bond donors (Lipinski definition) is 1. The first-order valence-corrected chi connectivity index (χ1v) is 8.06. The number of methoxy groups -OCH3 is 1. The van der Waals surface area contributed by atoms with E-state index in [1.165, 1.54) is 24.0 Å². The normalized spacial score (nSPS) is 27.4. The summed E-state index contributed by atoms with van der Waals surface area (Å²) in [7, 11) is 1.69. The molecule has 0 heterocycles. The number of ether oxygens (including phenoxy) is 2. The van der Waals surface area contributed by atoms with Gasteiger partial charge in [-0.2, -0.15) is 0 Å². The SMILES string of the molecule is CCOC1(C(N)c2ccc(OC)cc2C)CCC(C)CC1. The van der Waals surface area contributed by atoms with Crippen LogP contribution in [-0.2, 0) is 4.74 Å². The predicted molar refractivity (Wildman–Crippen MR) is 86.6 cm³/mol. The van der Waals surface area contributed by atoms with Gasteiger partial charge in [-0.15, -0.1) is 0 Å². The molecule has 21 heavy (non-hydrogen) atoms. The zero-order valence-corrected chi connectivity index (χ0v) is 13.8. The maximum Gasteiger partial charge on any atom is 0.119 e. The highest BCUT2D eigenvalue weighted by atomic mass is 16.5. The molecule has 0 aromatic heterocycles. The van der Waals surface area contributed by atoms with Crippen molar-refractivity contribution in [2.24, 2.45) is 11.7 Å². The topological polar surface area (TPSA) is 44.5 Å². The van der Waals surface area contributed by atoms with Gasteiger partial charge < -0.3 is 15.2 Å². The lowest BCUT2D eigenvalue weighted by atomic mass is 9.73. The Morgan fingerprint density at radius 3 is 2.52 bits per heavy atom. The molecule has 1 aromatic rings. The van der Waals surface area contributed by atoms with Crippen molar-refractivity contribution in [2.75, 3.05) is 13.7 Å². The molecule has 1 aliphatic carbocycles. The lowest BCUT2D eigenvalue weighted by Crippen LogP contribution is -2.46. The molecule has 2 N–H and O–H groups in total. The summed E-state index contributed by atoms with van der Waals surface area (Å²) in [6.45, 7) is 7.20. The molecule has 0 amide bonds. The summed E-state index contributed by atoms with van der Waals surface area (Å²) in [6, 6.07) is 6.07. The van der Waals surface area contributed by atoms with Crippen LogP contribution < -0.4 is 10.5 Å². The molecule has 1 atom stereocenters. The minimum Gasteiger partial charge on any atom is -0.497 e. The first-order valence-electron chi connectivity index (χ1n) is 8.06. The third-order valence-electron chi connectivity index (χ3n) is 4.93. The van der Waals surface area contributed by atoms with Crippen LogP contribution in [0.2, 0.25) is 0 Å². The number of aryl methyl sites for hydroxylation is 1. The van der Waals surface area contributed by atoms with Crippen LogP contribution >= 0.6 is 0 Å². The summed E-state index contributed by atoms with van der Waals surface area (Å²) in [5, 5.41) is 0. The Bertz CT molecular complexity index is 464. The van der Waals surface area contributed by atoms with Crippen molar-refractivity contribution in [1.82, 2.24) is 0 Å². The van der Waals surface area contributed by atoms with Gasteiger partial charge in [-0.05, 0) is 68.7 Å². The van der Waals surface area contributed by atoms with Gasteiger partial charge in [0.2, 0.25) is 0 Å². The van der Waals surface area contributed by atoms with Crippen molar-refractivity contribution in [1.29, 1.82) is 0 Å². The van der Waals surface area contributed by atoms with Gasteiger partial charge in [0, 0.05) is 6.61 Å². The average molecular weight is 291 g/mol. The standard InChI is InChI=1S/C18H29NO2/c1-5-21-18(10-8-13(2)9-11-18)17(19)16-7-6-15(20-4)12-14(16)3/h6-7,12-13,17H,5,8-11,19H2,1-4H3. The summed E-state index contributed by atoms with van der Waals surface area (Å²) in [5.41, 5.74) is 8.81. The molecule has 2 rings (SSSR count). The van der Waals surface area contributed by atoms with Gasteiger partial charge in [-0.1, -0.05) is 13.0 Å². The molecule has 0 spiro atoms. The molecule has 3 nitrogen and oxygen atoms in total. The molecule has 0 bridgehead atoms. The fourth-order valence-electron chi connectivity index (χ4n) is 3.49. The van der Waals surface area contributed by atoms with Crippen molar-refractivity contribution in [3.63, 3.8) is 0 Å². The van der Waals surface area contributed by atoms with Crippen molar-refractivity contribution >= 4 is 0 Å². The molecule has 118 valence electrons. The van der Waals surface area contributed by atoms with E-state index in [0.717, 1.165) is 31.1 Å². The Kier molecular flexibility index (Phi) is 5.28. The van der Waals surface area contributed by atoms with Crippen molar-refractivity contribution in [2.45, 2.75) is 58.1 Å². The lowest BCUT2D eigenvalue weighted by molar-refractivity contribution is -0.0897. The van der Waals surface area contributed by atoms with Gasteiger partial charge >= 0.3 is 0 Å². The second-order valence-corrected chi connectivity index (χ2v) is 6.38. The summed E-state index contributed by atoms with van der Waals surface area (Å²) < 4.78 is 11.5. The summed E-state index contributed by atoms with van der Waals surface area (Å²) in [4.78, 5) is 0. The van der Waals surface area contributed by atoms with E-state index in [-0.39, 0.29) is 11.6 Å². The lowest BCUT2D eigenvalue weighted by Gasteiger charge is -2.43. The van der Waals surface area contributed by atoms with E-state index < -0.39 is 0 Å². The molecule has 1 aromatic carbocycles. The highest BCUT2D eigenvalue weighted by molar-refractivity contribution is 5.38. The molecule has 1 unspecified atom stereocenters. The van der Waals surface area contributed by atoms with Crippen molar-refractivity contribution in [3.05, 3.63) is 29.3 Å². The Morgan fingerprint density at radius 2 is 2.00 bits per heavy atom. The van der Waals surface area contributed by atoms with Crippen LogP contribution in [0.1, 0.15) is 56.7 Å². The van der Waals surface area contributed by atoms with Gasteiger partial charge in [-0.3, -0.25) is 0 Å². The van der Waals surface area contributed by atoms with Gasteiger partial charge in [-0.25, -0.2) is 0 Å². The van der Waals surface area contributed by atoms with Gasteiger partial charge in [0.25, 0.3) is 0 Å². The average Bonchev–Trinajstić information content (AvgIpc) is 2.49. The highest BCUT2D eigenvalue weighted by Gasteiger charge is 2.41. The summed E-state index contributed by atoms with van der Waals surface area (Å²) in [6.07, 6.45) is 4.50. The molecular formula is C18H29NO2. The number of rotatable bonds is 5. The third kappa shape index (κ3) is 3.41. The number of benzene rings is 1. The smallest absolute Gasteiger partial charge is 0.119 e. The van der Waals surface area contributed by atoms with E-state index in [0.29, 0.717) is 0 Å². The Labute approximate surface area is 128 Å². The van der Waals surface area contributed by atoms with Crippen LogP contribution in [-0.4, -0.2) is 19.3 Å². The summed E-state index contributed by atoms with van der Waals surface area (Å²) >= 11 is 0. The van der Waals surface area contributed by atoms with Crippen LogP contribution in [0.25, 0.3) is 0 Å². The van der Waals surface area contributed by atoms with Crippen LogP contribution in [0.3, 0.4) is 0 Å². The molecular weight excluding hydrogens is 262 g/mol. The van der Waals surface area contributed by atoms with Crippen LogP contribution in [0.4, 0.5) is 0 Å². The van der Waals surface area contributed by atoms with Crippen LogP contribution in [0.5, 0.6) is 5.75 Å².